The fourth-order valence-electron chi connectivity index (χ4n) is 3.69. The second-order valence-electron chi connectivity index (χ2n) is 7.11. The molecule has 0 aliphatic carbocycles. The third kappa shape index (κ3) is 4.88. The van der Waals surface area contributed by atoms with Crippen LogP contribution in [-0.4, -0.2) is 80.6 Å². The van der Waals surface area contributed by atoms with Crippen LogP contribution in [0.3, 0.4) is 0 Å². The van der Waals surface area contributed by atoms with Gasteiger partial charge in [0.25, 0.3) is 11.8 Å². The molecule has 2 heterocycles. The van der Waals surface area contributed by atoms with Gasteiger partial charge in [0, 0.05) is 44.4 Å². The number of halogens is 2. The number of hydrogen-bond donors (Lipinski definition) is 1. The van der Waals surface area contributed by atoms with Gasteiger partial charge in [-0.3, -0.25) is 14.5 Å². The lowest BCUT2D eigenvalue weighted by Crippen LogP contribution is -2.44. The molecule has 0 spiro atoms. The number of carbonyl (C=O) groups is 2. The maximum absolute atomic E-state index is 13.9. The first-order valence-corrected chi connectivity index (χ1v) is 11.2. The third-order valence-corrected chi connectivity index (χ3v) is 7.09. The van der Waals surface area contributed by atoms with Crippen molar-refractivity contribution in [1.82, 2.24) is 14.5 Å². The van der Waals surface area contributed by atoms with Crippen LogP contribution in [0.25, 0.3) is 0 Å². The van der Waals surface area contributed by atoms with Crippen LogP contribution in [0.5, 0.6) is 0 Å². The molecule has 8 nitrogen and oxygen atoms in total. The minimum absolute atomic E-state index is 0.0596. The summed E-state index contributed by atoms with van der Waals surface area (Å²) in [6.45, 7) is 0.908. The Balaban J connectivity index is 1.70. The van der Waals surface area contributed by atoms with Crippen molar-refractivity contribution in [2.24, 2.45) is 0 Å². The summed E-state index contributed by atoms with van der Waals surface area (Å²) in [6.07, 6.45) is 0.658. The second-order valence-corrected chi connectivity index (χ2v) is 9.56. The zero-order chi connectivity index (χ0) is 21.2. The summed E-state index contributed by atoms with van der Waals surface area (Å²) in [4.78, 5) is 27.1. The van der Waals surface area contributed by atoms with Crippen molar-refractivity contribution in [3.8, 4) is 0 Å². The van der Waals surface area contributed by atoms with E-state index in [4.69, 9.17) is 16.3 Å². The zero-order valence-corrected chi connectivity index (χ0v) is 17.5. The Morgan fingerprint density at radius 2 is 2.17 bits per heavy atom. The van der Waals surface area contributed by atoms with Crippen LogP contribution in [-0.2, 0) is 19.6 Å². The van der Waals surface area contributed by atoms with Crippen LogP contribution in [0.15, 0.2) is 18.2 Å². The number of methoxy groups -OCH3 is 1. The molecule has 0 unspecified atom stereocenters. The minimum Gasteiger partial charge on any atom is -0.385 e. The number of sulfonamides is 1. The average Bonchev–Trinajstić information content (AvgIpc) is 3.04. The lowest BCUT2D eigenvalue weighted by atomic mass is 10.1. The molecule has 3 rings (SSSR count). The van der Waals surface area contributed by atoms with Crippen molar-refractivity contribution in [1.29, 1.82) is 0 Å². The van der Waals surface area contributed by atoms with Crippen LogP contribution in [0, 0.1) is 5.82 Å². The molecule has 2 fully saturated rings. The summed E-state index contributed by atoms with van der Waals surface area (Å²) in [6, 6.07) is 2.66. The fraction of sp³-hybridized carbons (Fsp3) is 0.556. The molecular weight excluding hydrogens is 425 g/mol. The van der Waals surface area contributed by atoms with Gasteiger partial charge in [0.15, 0.2) is 0 Å². The predicted molar refractivity (Wildman–Crippen MR) is 105 cm³/mol. The van der Waals surface area contributed by atoms with Gasteiger partial charge in [-0.25, -0.2) is 17.1 Å². The Hall–Kier alpha value is -1.75. The smallest absolute Gasteiger partial charge is 0.254 e. The second kappa shape index (κ2) is 8.95. The van der Waals surface area contributed by atoms with Crippen molar-refractivity contribution in [3.05, 3.63) is 34.6 Å². The fourth-order valence-corrected chi connectivity index (χ4v) is 5.36. The summed E-state index contributed by atoms with van der Waals surface area (Å²) >= 11 is 5.84. The molecule has 0 bridgehead atoms. The van der Waals surface area contributed by atoms with Gasteiger partial charge in [-0.05, 0) is 31.0 Å². The highest BCUT2D eigenvalue weighted by molar-refractivity contribution is 7.89. The van der Waals surface area contributed by atoms with Gasteiger partial charge >= 0.3 is 0 Å². The van der Waals surface area contributed by atoms with E-state index in [1.807, 2.05) is 0 Å². The van der Waals surface area contributed by atoms with Crippen molar-refractivity contribution < 1.29 is 27.1 Å². The molecule has 1 N–H and O–H groups in total. The van der Waals surface area contributed by atoms with Crippen LogP contribution < -0.4 is 5.32 Å². The van der Waals surface area contributed by atoms with E-state index >= 15 is 0 Å². The SMILES string of the molecule is COCCCN1C(=O)[C@@H]2C[C@H](NC(=O)c3cc(Cl)ccc3F)CN2CCS1(=O)=O. The van der Waals surface area contributed by atoms with Gasteiger partial charge in [0.1, 0.15) is 5.82 Å². The van der Waals surface area contributed by atoms with E-state index < -0.39 is 39.7 Å². The first-order valence-electron chi connectivity index (χ1n) is 9.26. The van der Waals surface area contributed by atoms with Gasteiger partial charge in [-0.15, -0.1) is 0 Å². The first kappa shape index (κ1) is 21.9. The molecule has 0 saturated carbocycles. The summed E-state index contributed by atoms with van der Waals surface area (Å²) < 4.78 is 44.7. The number of benzene rings is 1. The number of nitrogens with one attached hydrogen (secondary N) is 1. The number of ether oxygens (including phenoxy) is 1. The lowest BCUT2D eigenvalue weighted by Gasteiger charge is -2.23. The molecule has 2 atom stereocenters. The number of rotatable bonds is 6. The molecule has 29 heavy (non-hydrogen) atoms. The maximum atomic E-state index is 13.9. The van der Waals surface area contributed by atoms with Crippen LogP contribution >= 0.6 is 11.6 Å². The highest BCUT2D eigenvalue weighted by Gasteiger charge is 2.45. The highest BCUT2D eigenvalue weighted by atomic mass is 35.5. The standard InChI is InChI=1S/C18H23ClFN3O5S/c1-28-7-2-5-23-18(25)16-10-13(11-22(16)6-8-29(23,26)27)21-17(24)14-9-12(19)3-4-15(14)20/h3-4,9,13,16H,2,5-8,10-11H2,1H3,(H,21,24)/t13-,16-/m0/s1. The molecule has 2 amide bonds. The Morgan fingerprint density at radius 1 is 1.41 bits per heavy atom. The van der Waals surface area contributed by atoms with Crippen LogP contribution in [0.1, 0.15) is 23.2 Å². The zero-order valence-electron chi connectivity index (χ0n) is 15.9. The quantitative estimate of drug-likeness (QED) is 0.650. The monoisotopic (exact) mass is 447 g/mol. The van der Waals surface area contributed by atoms with Crippen molar-refractivity contribution in [3.63, 3.8) is 0 Å². The molecule has 160 valence electrons. The van der Waals surface area contributed by atoms with E-state index in [9.17, 15) is 22.4 Å². The van der Waals surface area contributed by atoms with Gasteiger partial charge in [-0.1, -0.05) is 11.6 Å². The van der Waals surface area contributed by atoms with Crippen LogP contribution in [0.2, 0.25) is 5.02 Å². The van der Waals surface area contributed by atoms with E-state index in [0.717, 1.165) is 10.4 Å². The normalized spacial score (nSPS) is 24.2. The van der Waals surface area contributed by atoms with Gasteiger partial charge in [-0.2, -0.15) is 0 Å². The van der Waals surface area contributed by atoms with Gasteiger partial charge in [0.2, 0.25) is 10.0 Å². The molecule has 2 saturated heterocycles. The Bertz CT molecular complexity index is 897. The van der Waals surface area contributed by atoms with Gasteiger partial charge < -0.3 is 10.1 Å². The topological polar surface area (TPSA) is 96.0 Å². The van der Waals surface area contributed by atoms with Crippen molar-refractivity contribution in [2.75, 3.05) is 39.1 Å². The third-order valence-electron chi connectivity index (χ3n) is 5.12. The molecule has 11 heteroatoms. The van der Waals surface area contributed by atoms with Gasteiger partial charge in [0.05, 0.1) is 17.4 Å². The number of carbonyl (C=O) groups excluding carboxylic acids is 2. The van der Waals surface area contributed by atoms with Crippen molar-refractivity contribution >= 4 is 33.4 Å². The Kier molecular flexibility index (Phi) is 6.77. The number of fused-ring (bicyclic) bond motifs is 1. The van der Waals surface area contributed by atoms with E-state index in [2.05, 4.69) is 5.32 Å². The number of hydrogen-bond acceptors (Lipinski definition) is 6. The number of amides is 2. The van der Waals surface area contributed by atoms with E-state index in [-0.39, 0.29) is 35.8 Å². The van der Waals surface area contributed by atoms with E-state index in [0.29, 0.717) is 19.6 Å². The predicted octanol–water partition coefficient (Wildman–Crippen LogP) is 0.860. The summed E-state index contributed by atoms with van der Waals surface area (Å²) in [5.74, 6) is -1.98. The number of nitrogens with zero attached hydrogens (tertiary/aromatic N) is 2. The molecule has 0 radical (unpaired) electrons. The molecule has 1 aromatic carbocycles. The summed E-state index contributed by atoms with van der Waals surface area (Å²) in [5.41, 5.74) is -0.172. The van der Waals surface area contributed by atoms with E-state index in [1.165, 1.54) is 19.2 Å². The molecule has 2 aliphatic heterocycles. The maximum Gasteiger partial charge on any atom is 0.254 e. The molecule has 0 aromatic heterocycles. The molecule has 1 aromatic rings. The average molecular weight is 448 g/mol. The van der Waals surface area contributed by atoms with Crippen molar-refractivity contribution in [2.45, 2.75) is 24.9 Å². The Morgan fingerprint density at radius 3 is 2.90 bits per heavy atom. The molecular formula is C18H23ClFN3O5S. The highest BCUT2D eigenvalue weighted by Crippen LogP contribution is 2.25. The summed E-state index contributed by atoms with van der Waals surface area (Å²) in [7, 11) is -2.18. The van der Waals surface area contributed by atoms with E-state index in [1.54, 1.807) is 4.90 Å². The Labute approximate surface area is 174 Å². The first-order chi connectivity index (χ1) is 13.7. The lowest BCUT2D eigenvalue weighted by molar-refractivity contribution is -0.130. The minimum atomic E-state index is -3.69. The van der Waals surface area contributed by atoms with Crippen LogP contribution in [0.4, 0.5) is 4.39 Å². The molecule has 2 aliphatic rings. The largest absolute Gasteiger partial charge is 0.385 e. The summed E-state index contributed by atoms with van der Waals surface area (Å²) in [5, 5.41) is 2.97.